The molecule has 0 bridgehead atoms. The minimum atomic E-state index is 0.853. The van der Waals surface area contributed by atoms with E-state index < -0.39 is 0 Å². The first-order valence-electron chi connectivity index (χ1n) is 8.06. The summed E-state index contributed by atoms with van der Waals surface area (Å²) in [4.78, 5) is 2.36. The quantitative estimate of drug-likeness (QED) is 0.897. The van der Waals surface area contributed by atoms with E-state index in [4.69, 9.17) is 11.6 Å². The zero-order valence-corrected chi connectivity index (χ0v) is 14.1. The summed E-state index contributed by atoms with van der Waals surface area (Å²) in [5, 5.41) is 4.34. The van der Waals surface area contributed by atoms with Crippen molar-refractivity contribution >= 4 is 23.0 Å². The van der Waals surface area contributed by atoms with E-state index in [2.05, 4.69) is 60.5 Å². The summed E-state index contributed by atoms with van der Waals surface area (Å²) in [6.45, 7) is 7.33. The Kier molecular flexibility index (Phi) is 4.70. The number of rotatable bonds is 3. The van der Waals surface area contributed by atoms with Crippen molar-refractivity contribution in [3.63, 3.8) is 0 Å². The number of nitrogens with zero attached hydrogens (tertiary/aromatic N) is 1. The van der Waals surface area contributed by atoms with Gasteiger partial charge in [0.05, 0.1) is 10.7 Å². The molecule has 1 N–H and O–H groups in total. The second kappa shape index (κ2) is 6.72. The Morgan fingerprint density at radius 2 is 1.86 bits per heavy atom. The van der Waals surface area contributed by atoms with Crippen molar-refractivity contribution in [3.8, 4) is 0 Å². The lowest BCUT2D eigenvalue weighted by Gasteiger charge is -2.29. The van der Waals surface area contributed by atoms with Gasteiger partial charge < -0.3 is 10.2 Å². The molecular formula is C19H23ClN2. The molecule has 3 heteroatoms. The highest BCUT2D eigenvalue weighted by Gasteiger charge is 2.20. The number of fused-ring (bicyclic) bond motifs is 1. The Bertz CT molecular complexity index is 666. The van der Waals surface area contributed by atoms with E-state index in [9.17, 15) is 0 Å². The van der Waals surface area contributed by atoms with Gasteiger partial charge in [0.15, 0.2) is 0 Å². The summed E-state index contributed by atoms with van der Waals surface area (Å²) in [6, 6.07) is 12.8. The third-order valence-electron chi connectivity index (χ3n) is 4.45. The van der Waals surface area contributed by atoms with Gasteiger partial charge in [-0.2, -0.15) is 0 Å². The predicted molar refractivity (Wildman–Crippen MR) is 95.6 cm³/mol. The zero-order valence-electron chi connectivity index (χ0n) is 13.3. The van der Waals surface area contributed by atoms with Gasteiger partial charge in [-0.1, -0.05) is 35.9 Å². The Balaban J connectivity index is 2.15. The molecule has 0 spiro atoms. The van der Waals surface area contributed by atoms with Crippen LogP contribution in [0.3, 0.4) is 0 Å². The van der Waals surface area contributed by atoms with Crippen molar-refractivity contribution in [3.05, 3.63) is 58.1 Å². The highest BCUT2D eigenvalue weighted by Crippen LogP contribution is 2.38. The number of halogens is 1. The average molecular weight is 315 g/mol. The molecule has 1 heterocycles. The number of nitrogens with one attached hydrogen (secondary N) is 1. The molecule has 0 aromatic heterocycles. The maximum atomic E-state index is 6.63. The fraction of sp³-hybridized carbons (Fsp3) is 0.368. The fourth-order valence-corrected chi connectivity index (χ4v) is 3.61. The fourth-order valence-electron chi connectivity index (χ4n) is 3.33. The molecule has 0 saturated carbocycles. The van der Waals surface area contributed by atoms with Crippen LogP contribution in [0.4, 0.5) is 11.4 Å². The normalized spacial score (nSPS) is 14.3. The highest BCUT2D eigenvalue weighted by atomic mass is 35.5. The summed E-state index contributed by atoms with van der Waals surface area (Å²) >= 11 is 6.63. The number of hydrogen-bond donors (Lipinski definition) is 1. The Morgan fingerprint density at radius 1 is 1.09 bits per heavy atom. The van der Waals surface area contributed by atoms with Crippen molar-refractivity contribution in [1.29, 1.82) is 0 Å². The van der Waals surface area contributed by atoms with Gasteiger partial charge >= 0.3 is 0 Å². The lowest BCUT2D eigenvalue weighted by molar-refractivity contribution is 0.710. The van der Waals surface area contributed by atoms with Crippen LogP contribution in [-0.2, 0) is 12.8 Å². The molecule has 2 nitrogen and oxygen atoms in total. The van der Waals surface area contributed by atoms with E-state index in [1.807, 2.05) is 0 Å². The number of benzene rings is 2. The molecule has 0 fully saturated rings. The van der Waals surface area contributed by atoms with Crippen LogP contribution in [0.25, 0.3) is 0 Å². The molecule has 0 unspecified atom stereocenters. The van der Waals surface area contributed by atoms with Crippen LogP contribution < -0.4 is 10.2 Å². The maximum absolute atomic E-state index is 6.63. The van der Waals surface area contributed by atoms with Gasteiger partial charge in [-0.05, 0) is 68.6 Å². The van der Waals surface area contributed by atoms with Crippen LogP contribution in [0, 0.1) is 6.92 Å². The molecule has 22 heavy (non-hydrogen) atoms. The zero-order chi connectivity index (χ0) is 15.5. The van der Waals surface area contributed by atoms with E-state index in [-0.39, 0.29) is 0 Å². The Labute approximate surface area is 138 Å². The topological polar surface area (TPSA) is 15.3 Å². The van der Waals surface area contributed by atoms with Crippen molar-refractivity contribution in [2.75, 3.05) is 24.5 Å². The molecular weight excluding hydrogens is 292 g/mol. The van der Waals surface area contributed by atoms with Crippen LogP contribution in [0.5, 0.6) is 0 Å². The van der Waals surface area contributed by atoms with Gasteiger partial charge in [0.2, 0.25) is 0 Å². The van der Waals surface area contributed by atoms with Gasteiger partial charge in [-0.15, -0.1) is 0 Å². The van der Waals surface area contributed by atoms with E-state index in [0.717, 1.165) is 37.5 Å². The highest BCUT2D eigenvalue weighted by molar-refractivity contribution is 6.33. The second-order valence-corrected chi connectivity index (χ2v) is 6.22. The smallest absolute Gasteiger partial charge is 0.0646 e. The summed E-state index contributed by atoms with van der Waals surface area (Å²) in [7, 11) is 0. The number of para-hydroxylation sites is 1. The molecule has 2 aromatic carbocycles. The molecule has 116 valence electrons. The van der Waals surface area contributed by atoms with Gasteiger partial charge in [0.1, 0.15) is 0 Å². The van der Waals surface area contributed by atoms with Crippen LogP contribution in [0.1, 0.15) is 23.6 Å². The minimum Gasteiger partial charge on any atom is -0.340 e. The molecule has 0 atom stereocenters. The molecule has 2 aromatic rings. The second-order valence-electron chi connectivity index (χ2n) is 5.81. The predicted octanol–water partition coefficient (Wildman–Crippen LogP) is 4.49. The maximum Gasteiger partial charge on any atom is 0.0646 e. The van der Waals surface area contributed by atoms with E-state index in [0.29, 0.717) is 0 Å². The molecule has 0 saturated heterocycles. The first-order chi connectivity index (χ1) is 10.7. The largest absolute Gasteiger partial charge is 0.340 e. The van der Waals surface area contributed by atoms with Gasteiger partial charge in [-0.3, -0.25) is 0 Å². The Morgan fingerprint density at radius 3 is 2.64 bits per heavy atom. The average Bonchev–Trinajstić information content (AvgIpc) is 2.77. The monoisotopic (exact) mass is 314 g/mol. The van der Waals surface area contributed by atoms with E-state index >= 15 is 0 Å². The van der Waals surface area contributed by atoms with Crippen LogP contribution in [0.2, 0.25) is 5.02 Å². The lowest BCUT2D eigenvalue weighted by atomic mass is 9.99. The SMILES string of the molecule is CCN(c1ccccc1C)c1c(Cl)ccc2c1CCNCC2. The minimum absolute atomic E-state index is 0.853. The van der Waals surface area contributed by atoms with E-state index in [1.165, 1.54) is 28.1 Å². The van der Waals surface area contributed by atoms with Crippen LogP contribution in [0.15, 0.2) is 36.4 Å². The van der Waals surface area contributed by atoms with Crippen LogP contribution in [-0.4, -0.2) is 19.6 Å². The standard InChI is InChI=1S/C19H23ClN2/c1-3-22(18-7-5-4-6-14(18)2)19-16-11-13-21-12-10-15(16)8-9-17(19)20/h4-9,21H,3,10-13H2,1-2H3. The molecule has 0 radical (unpaired) electrons. The number of anilines is 2. The summed E-state index contributed by atoms with van der Waals surface area (Å²) < 4.78 is 0. The molecule has 0 amide bonds. The third kappa shape index (κ3) is 2.86. The molecule has 0 aliphatic carbocycles. The van der Waals surface area contributed by atoms with Crippen molar-refractivity contribution in [2.24, 2.45) is 0 Å². The van der Waals surface area contributed by atoms with Gasteiger partial charge in [0, 0.05) is 12.2 Å². The number of aryl methyl sites for hydroxylation is 1. The Hall–Kier alpha value is -1.51. The van der Waals surface area contributed by atoms with Crippen LogP contribution >= 0.6 is 11.6 Å². The number of hydrogen-bond acceptors (Lipinski definition) is 2. The van der Waals surface area contributed by atoms with Crippen molar-refractivity contribution in [2.45, 2.75) is 26.7 Å². The van der Waals surface area contributed by atoms with Crippen molar-refractivity contribution in [1.82, 2.24) is 5.32 Å². The van der Waals surface area contributed by atoms with Gasteiger partial charge in [-0.25, -0.2) is 0 Å². The molecule has 1 aliphatic rings. The first kappa shape index (κ1) is 15.4. The summed E-state index contributed by atoms with van der Waals surface area (Å²) in [6.07, 6.45) is 2.11. The van der Waals surface area contributed by atoms with Crippen molar-refractivity contribution < 1.29 is 0 Å². The third-order valence-corrected chi connectivity index (χ3v) is 4.75. The first-order valence-corrected chi connectivity index (χ1v) is 8.44. The lowest BCUT2D eigenvalue weighted by Crippen LogP contribution is -2.20. The molecule has 1 aliphatic heterocycles. The summed E-state index contributed by atoms with van der Waals surface area (Å²) in [5.74, 6) is 0. The molecule has 3 rings (SSSR count). The van der Waals surface area contributed by atoms with Gasteiger partial charge in [0.25, 0.3) is 0 Å². The summed E-state index contributed by atoms with van der Waals surface area (Å²) in [5.41, 5.74) is 6.56. The van der Waals surface area contributed by atoms with E-state index in [1.54, 1.807) is 0 Å².